The zero-order valence-corrected chi connectivity index (χ0v) is 15.9. The van der Waals surface area contributed by atoms with Crippen LogP contribution in [0.3, 0.4) is 0 Å². The first-order valence-corrected chi connectivity index (χ1v) is 9.04. The highest BCUT2D eigenvalue weighted by Crippen LogP contribution is 2.05. The van der Waals surface area contributed by atoms with E-state index < -0.39 is 11.9 Å². The predicted octanol–water partition coefficient (Wildman–Crippen LogP) is 4.68. The Balaban J connectivity index is 0. The van der Waals surface area contributed by atoms with E-state index in [4.69, 9.17) is 20.4 Å². The summed E-state index contributed by atoms with van der Waals surface area (Å²) in [6, 6.07) is 3.30. The van der Waals surface area contributed by atoms with E-state index in [2.05, 4.69) is 20.4 Å². The van der Waals surface area contributed by atoms with E-state index in [-0.39, 0.29) is 11.1 Å². The number of carbonyl (C=O) groups is 2. The summed E-state index contributed by atoms with van der Waals surface area (Å²) in [4.78, 5) is 21.2. The molecule has 0 aliphatic heterocycles. The summed E-state index contributed by atoms with van der Waals surface area (Å²) in [5.41, 5.74) is -0.271. The second kappa shape index (κ2) is 18.7. The summed E-state index contributed by atoms with van der Waals surface area (Å²) < 4.78 is 4.78. The molecule has 0 aromatic carbocycles. The van der Waals surface area contributed by atoms with Gasteiger partial charge in [-0.15, -0.1) is 0 Å². The maximum Gasteiger partial charge on any atom is 0.348 e. The summed E-state index contributed by atoms with van der Waals surface area (Å²) in [5.74, 6) is -1.73. The first kappa shape index (κ1) is 25.6. The molecule has 6 nitrogen and oxygen atoms in total. The van der Waals surface area contributed by atoms with Crippen molar-refractivity contribution in [1.82, 2.24) is 0 Å². The predicted molar refractivity (Wildman–Crippen MR) is 99.9 cm³/mol. The van der Waals surface area contributed by atoms with Crippen LogP contribution >= 0.6 is 0 Å². The van der Waals surface area contributed by atoms with E-state index in [1.807, 2.05) is 0 Å². The number of esters is 1. The van der Waals surface area contributed by atoms with Crippen molar-refractivity contribution in [2.75, 3.05) is 6.61 Å². The molecule has 0 spiro atoms. The molecule has 0 atom stereocenters. The third-order valence-corrected chi connectivity index (χ3v) is 3.37. The van der Waals surface area contributed by atoms with Crippen molar-refractivity contribution in [3.63, 3.8) is 0 Å². The highest BCUT2D eigenvalue weighted by Gasteiger charge is 2.06. The second-order valence-corrected chi connectivity index (χ2v) is 5.67. The van der Waals surface area contributed by atoms with Crippen molar-refractivity contribution in [3.05, 3.63) is 23.8 Å². The largest absolute Gasteiger partial charge is 0.477 e. The van der Waals surface area contributed by atoms with Crippen molar-refractivity contribution in [1.29, 1.82) is 10.5 Å². The zero-order chi connectivity index (χ0) is 20.2. The molecule has 0 radical (unpaired) electrons. The number of ether oxygens (including phenoxy) is 1. The lowest BCUT2D eigenvalue weighted by Crippen LogP contribution is -2.06. The topological polar surface area (TPSA) is 111 Å². The SMILES string of the molecule is C=C(C#N)C(=O)OCCCCCC.CCCCCCC=C(C#N)C(=O)O. The zero-order valence-electron chi connectivity index (χ0n) is 15.9. The molecule has 0 rings (SSSR count). The smallest absolute Gasteiger partial charge is 0.348 e. The van der Waals surface area contributed by atoms with Gasteiger partial charge in [0.25, 0.3) is 0 Å². The van der Waals surface area contributed by atoms with Gasteiger partial charge in [0.1, 0.15) is 23.3 Å². The number of allylic oxidation sites excluding steroid dienone is 1. The third-order valence-electron chi connectivity index (χ3n) is 3.37. The van der Waals surface area contributed by atoms with Gasteiger partial charge in [0.05, 0.1) is 6.61 Å². The monoisotopic (exact) mass is 362 g/mol. The van der Waals surface area contributed by atoms with E-state index in [1.165, 1.54) is 12.5 Å². The maximum atomic E-state index is 10.9. The van der Waals surface area contributed by atoms with Crippen LogP contribution in [0.4, 0.5) is 0 Å². The first-order valence-electron chi connectivity index (χ1n) is 9.04. The van der Waals surface area contributed by atoms with Crippen LogP contribution in [-0.2, 0) is 14.3 Å². The summed E-state index contributed by atoms with van der Waals surface area (Å²) in [6.07, 6.45) is 10.8. The van der Waals surface area contributed by atoms with Gasteiger partial charge in [-0.3, -0.25) is 0 Å². The van der Waals surface area contributed by atoms with Crippen molar-refractivity contribution < 1.29 is 19.4 Å². The number of hydrogen-bond donors (Lipinski definition) is 1. The highest BCUT2D eigenvalue weighted by atomic mass is 16.5. The fourth-order valence-corrected chi connectivity index (χ4v) is 1.82. The van der Waals surface area contributed by atoms with Gasteiger partial charge in [-0.2, -0.15) is 10.5 Å². The molecule has 0 aliphatic rings. The van der Waals surface area contributed by atoms with Gasteiger partial charge in [-0.05, 0) is 19.3 Å². The molecule has 26 heavy (non-hydrogen) atoms. The number of nitrogens with zero attached hydrogens (tertiary/aromatic N) is 2. The van der Waals surface area contributed by atoms with Crippen molar-refractivity contribution in [3.8, 4) is 12.1 Å². The normalized spacial score (nSPS) is 9.92. The molecule has 0 aliphatic carbocycles. The molecule has 0 amide bonds. The minimum Gasteiger partial charge on any atom is -0.477 e. The average molecular weight is 362 g/mol. The van der Waals surface area contributed by atoms with Crippen LogP contribution in [0.1, 0.15) is 71.6 Å². The number of carboxylic acids is 1. The molecule has 0 bridgehead atoms. The fourth-order valence-electron chi connectivity index (χ4n) is 1.82. The molecule has 0 heterocycles. The molecule has 0 fully saturated rings. The lowest BCUT2D eigenvalue weighted by atomic mass is 10.1. The van der Waals surface area contributed by atoms with Gasteiger partial charge in [0.2, 0.25) is 0 Å². The number of carboxylic acid groups (broad SMARTS) is 1. The quantitative estimate of drug-likeness (QED) is 0.233. The Hall–Kier alpha value is -2.60. The maximum absolute atomic E-state index is 10.9. The third kappa shape index (κ3) is 16.3. The summed E-state index contributed by atoms with van der Waals surface area (Å²) >= 11 is 0. The van der Waals surface area contributed by atoms with Gasteiger partial charge < -0.3 is 9.84 Å². The molecule has 0 aromatic heterocycles. The molecule has 0 aromatic rings. The van der Waals surface area contributed by atoms with Gasteiger partial charge in [0.15, 0.2) is 0 Å². The van der Waals surface area contributed by atoms with Crippen LogP contribution in [-0.4, -0.2) is 23.7 Å². The molecular formula is C20H30N2O4. The highest BCUT2D eigenvalue weighted by molar-refractivity contribution is 5.92. The Bertz CT molecular complexity index is 539. The van der Waals surface area contributed by atoms with E-state index in [1.54, 1.807) is 12.1 Å². The lowest BCUT2D eigenvalue weighted by Gasteiger charge is -2.01. The van der Waals surface area contributed by atoms with E-state index >= 15 is 0 Å². The van der Waals surface area contributed by atoms with Crippen LogP contribution in [0.25, 0.3) is 0 Å². The molecule has 144 valence electrons. The average Bonchev–Trinajstić information content (AvgIpc) is 2.63. The van der Waals surface area contributed by atoms with Crippen LogP contribution in [0, 0.1) is 22.7 Å². The first-order chi connectivity index (χ1) is 12.4. The van der Waals surface area contributed by atoms with Crippen molar-refractivity contribution in [2.45, 2.75) is 71.6 Å². The van der Waals surface area contributed by atoms with Crippen molar-refractivity contribution in [2.24, 2.45) is 0 Å². The fraction of sp³-hybridized carbons (Fsp3) is 0.600. The summed E-state index contributed by atoms with van der Waals surface area (Å²) in [7, 11) is 0. The molecule has 0 saturated carbocycles. The standard InChI is InChI=1S/2C10H15NO2/c1-3-4-5-6-7-13-10(12)9(2)8-11;1-2-3-4-5-6-7-9(8-11)10(12)13/h2-7H2,1H3;7H,2-6H2,1H3,(H,12,13). The summed E-state index contributed by atoms with van der Waals surface area (Å²) in [5, 5.41) is 25.2. The van der Waals surface area contributed by atoms with Crippen LogP contribution in [0.5, 0.6) is 0 Å². The van der Waals surface area contributed by atoms with E-state index in [0.29, 0.717) is 13.0 Å². The minimum absolute atomic E-state index is 0.129. The van der Waals surface area contributed by atoms with Crippen LogP contribution in [0.15, 0.2) is 23.8 Å². The number of nitriles is 2. The van der Waals surface area contributed by atoms with Crippen molar-refractivity contribution >= 4 is 11.9 Å². The summed E-state index contributed by atoms with van der Waals surface area (Å²) in [6.45, 7) is 7.87. The molecule has 0 unspecified atom stereocenters. The van der Waals surface area contributed by atoms with Gasteiger partial charge in [-0.1, -0.05) is 65.0 Å². The Morgan fingerprint density at radius 1 is 1.00 bits per heavy atom. The Kier molecular flexibility index (Phi) is 18.5. The van der Waals surface area contributed by atoms with Gasteiger partial charge >= 0.3 is 11.9 Å². The van der Waals surface area contributed by atoms with Gasteiger partial charge in [0, 0.05) is 0 Å². The molecule has 0 saturated heterocycles. The number of carbonyl (C=O) groups excluding carboxylic acids is 1. The number of rotatable bonds is 12. The number of unbranched alkanes of at least 4 members (excludes halogenated alkanes) is 7. The number of aliphatic carboxylic acids is 1. The second-order valence-electron chi connectivity index (χ2n) is 5.67. The van der Waals surface area contributed by atoms with Crippen LogP contribution < -0.4 is 0 Å². The van der Waals surface area contributed by atoms with E-state index in [9.17, 15) is 9.59 Å². The van der Waals surface area contributed by atoms with Crippen LogP contribution in [0.2, 0.25) is 0 Å². The lowest BCUT2D eigenvalue weighted by molar-refractivity contribution is -0.138. The minimum atomic E-state index is -1.13. The molecule has 1 N–H and O–H groups in total. The molecule has 6 heteroatoms. The Morgan fingerprint density at radius 2 is 1.58 bits per heavy atom. The Labute approximate surface area is 156 Å². The number of hydrogen-bond acceptors (Lipinski definition) is 5. The van der Waals surface area contributed by atoms with Gasteiger partial charge in [-0.25, -0.2) is 9.59 Å². The van der Waals surface area contributed by atoms with E-state index in [0.717, 1.165) is 44.9 Å². The Morgan fingerprint density at radius 3 is 2.04 bits per heavy atom. The molecular weight excluding hydrogens is 332 g/mol.